The van der Waals surface area contributed by atoms with E-state index in [-0.39, 0.29) is 93.2 Å². The minimum atomic E-state index is -1.12. The Hall–Kier alpha value is -4.46. The van der Waals surface area contributed by atoms with Crippen LogP contribution in [0.4, 0.5) is 0 Å². The van der Waals surface area contributed by atoms with Crippen LogP contribution in [-0.4, -0.2) is 126 Å². The number of carbonyl (C=O) groups is 2. The zero-order chi connectivity index (χ0) is 57.0. The molecule has 0 bridgehead atoms. The van der Waals surface area contributed by atoms with Gasteiger partial charge in [0.1, 0.15) is 76.9 Å². The van der Waals surface area contributed by atoms with E-state index in [1.807, 2.05) is 36.4 Å². The molecule has 0 aromatic heterocycles. The highest BCUT2D eigenvalue weighted by atomic mass is 16.8. The van der Waals surface area contributed by atoms with Crippen LogP contribution in [0, 0.1) is 0 Å². The second kappa shape index (κ2) is 46.7. The first kappa shape index (κ1) is 76.6. The van der Waals surface area contributed by atoms with Crippen molar-refractivity contribution in [3.63, 3.8) is 0 Å². The molecular weight excluding hydrogens is 1080 g/mol. The van der Waals surface area contributed by atoms with Crippen molar-refractivity contribution in [3.05, 3.63) is 106 Å². The van der Waals surface area contributed by atoms with Crippen LogP contribution in [-0.2, 0) is 89.1 Å². The summed E-state index contributed by atoms with van der Waals surface area (Å²) in [5.41, 5.74) is 8.31. The number of epoxide rings is 4. The number of benzene rings is 3. The summed E-state index contributed by atoms with van der Waals surface area (Å²) in [6, 6.07) is 19.7. The average Bonchev–Trinajstić information content (AvgIpc) is 4.36. The molecule has 6 atom stereocenters. The van der Waals surface area contributed by atoms with Crippen molar-refractivity contribution in [3.8, 4) is 11.5 Å². The Kier molecular flexibility index (Phi) is 42.1. The van der Waals surface area contributed by atoms with Crippen molar-refractivity contribution < 1.29 is 76.6 Å². The highest BCUT2D eigenvalue weighted by Crippen LogP contribution is 2.28. The van der Waals surface area contributed by atoms with Gasteiger partial charge in [-0.15, -0.1) is 0 Å². The first-order valence-electron chi connectivity index (χ1n) is 30.6. The third-order valence-corrected chi connectivity index (χ3v) is 14.2. The van der Waals surface area contributed by atoms with Crippen LogP contribution >= 0.6 is 0 Å². The van der Waals surface area contributed by atoms with E-state index >= 15 is 0 Å². The van der Waals surface area contributed by atoms with Gasteiger partial charge in [-0.2, -0.15) is 0 Å². The highest BCUT2D eigenvalue weighted by molar-refractivity contribution is 5.69. The molecule has 85 heavy (non-hydrogen) atoms. The summed E-state index contributed by atoms with van der Waals surface area (Å²) in [4.78, 5) is 23.9. The number of aliphatic hydroxyl groups excluding tert-OH is 2. The molecule has 0 amide bonds. The average molecular weight is 1200 g/mol. The predicted molar refractivity (Wildman–Crippen MR) is 335 cm³/mol. The number of allylic oxidation sites excluding steroid dienone is 2. The van der Waals surface area contributed by atoms with Crippen molar-refractivity contribution >= 4 is 11.9 Å². The van der Waals surface area contributed by atoms with E-state index in [4.69, 9.17) is 56.8 Å². The Morgan fingerprint density at radius 2 is 0.965 bits per heavy atom. The monoisotopic (exact) mass is 1200 g/mol. The number of ether oxygens (including phenoxy) is 12. The summed E-state index contributed by atoms with van der Waals surface area (Å²) in [7, 11) is 0. The first-order valence-corrected chi connectivity index (χ1v) is 30.6. The lowest BCUT2D eigenvalue weighted by atomic mass is 9.86. The molecule has 4 aliphatic heterocycles. The maximum atomic E-state index is 12.0. The summed E-state index contributed by atoms with van der Waals surface area (Å²) in [5, 5.41) is 20.0. The third-order valence-electron chi connectivity index (χ3n) is 14.2. The molecule has 3 aromatic rings. The number of aryl methyl sites for hydroxylation is 2. The maximum Gasteiger partial charge on any atom is 0.305 e. The van der Waals surface area contributed by atoms with Crippen molar-refractivity contribution in [1.29, 1.82) is 0 Å². The number of esters is 2. The quantitative estimate of drug-likeness (QED) is 0.0178. The van der Waals surface area contributed by atoms with E-state index in [0.29, 0.717) is 57.2 Å². The van der Waals surface area contributed by atoms with Gasteiger partial charge in [0.2, 0.25) is 12.6 Å². The zero-order valence-electron chi connectivity index (χ0n) is 48.8. The zero-order valence-corrected chi connectivity index (χ0v) is 48.8. The van der Waals surface area contributed by atoms with Gasteiger partial charge in [-0.25, -0.2) is 0 Å². The van der Waals surface area contributed by atoms with Crippen LogP contribution < -0.4 is 9.47 Å². The molecule has 0 spiro atoms. The number of unbranched alkanes of at least 4 members (excludes halogenated alkanes) is 14. The summed E-state index contributed by atoms with van der Waals surface area (Å²) in [6.45, 7) is 8.02. The summed E-state index contributed by atoms with van der Waals surface area (Å²) in [6.07, 6.45) is 30.1. The van der Waals surface area contributed by atoms with Gasteiger partial charge in [0, 0.05) is 12.8 Å². The molecule has 0 saturated carbocycles. The van der Waals surface area contributed by atoms with Crippen LogP contribution in [0.1, 0.15) is 205 Å². The second-order valence-electron chi connectivity index (χ2n) is 21.6. The number of hydrogen-bond donors (Lipinski definition) is 2. The SMILES string of the molecule is C.C.C.C.CCCCC/C=C/Cc1c(CCCCCC)ccc(CCCCCCCC(=O)OCC2CO2)c1CCCCCCCC(=O)OCC1CO1.OC(COCOC1CO1)Oc1cccc(Cc2cccc(OC(O)COCOC3CO3)c2)c1. The lowest BCUT2D eigenvalue weighted by molar-refractivity contribution is -0.145. The molecular formula is C69H112O16. The Morgan fingerprint density at radius 3 is 1.44 bits per heavy atom. The molecule has 3 aromatic carbocycles. The number of aliphatic hydroxyl groups is 2. The Bertz CT molecular complexity index is 2140. The van der Waals surface area contributed by atoms with E-state index in [0.717, 1.165) is 69.3 Å². The fourth-order valence-electron chi connectivity index (χ4n) is 9.35. The van der Waals surface area contributed by atoms with E-state index in [2.05, 4.69) is 38.1 Å². The third kappa shape index (κ3) is 36.5. The molecule has 0 aliphatic carbocycles. The highest BCUT2D eigenvalue weighted by Gasteiger charge is 2.26. The van der Waals surface area contributed by atoms with E-state index in [9.17, 15) is 19.8 Å². The number of carbonyl (C=O) groups excluding carboxylic acids is 2. The van der Waals surface area contributed by atoms with Gasteiger partial charge >= 0.3 is 11.9 Å². The standard InChI is InChI=1S/C42H68O6.C23H28O10.4CH4/c1-3-5-7-9-13-19-25-39-35(23-17-8-6-4-2)29-30-36(24-18-12-10-15-21-27-41(43)47-33-37-31-45-37)40(39)26-20-14-11-16-22-28-42(44)48-34-38-32-46-38;24-20(10-26-14-30-22-12-28-22)32-18-5-1-3-16(8-18)7-17-4-2-6-19(9-17)33-21(25)11-27-15-31-23-13-29-23;;;;/h13,19,29-30,37-38H,3-12,14-18,20-28,31-34H2,1-2H3;1-6,8-9,20-25H,7,10-15H2;4*1H4/b19-13+;;;;;. The van der Waals surface area contributed by atoms with Crippen LogP contribution in [0.25, 0.3) is 0 Å². The predicted octanol–water partition coefficient (Wildman–Crippen LogP) is 14.0. The summed E-state index contributed by atoms with van der Waals surface area (Å²) in [5.74, 6) is 0.877. The first-order chi connectivity index (χ1) is 39.7. The molecule has 16 heteroatoms. The molecule has 2 N–H and O–H groups in total. The normalized spacial score (nSPS) is 17.6. The van der Waals surface area contributed by atoms with Gasteiger partial charge in [0.15, 0.2) is 12.6 Å². The molecule has 4 fully saturated rings. The molecule has 7 rings (SSSR count). The smallest absolute Gasteiger partial charge is 0.305 e. The van der Waals surface area contributed by atoms with Gasteiger partial charge in [0.25, 0.3) is 0 Å². The molecule has 0 radical (unpaired) electrons. The lowest BCUT2D eigenvalue weighted by Gasteiger charge is -2.19. The largest absolute Gasteiger partial charge is 0.463 e. The maximum absolute atomic E-state index is 12.0. The van der Waals surface area contributed by atoms with E-state index in [1.165, 1.54) is 96.3 Å². The molecule has 6 unspecified atom stereocenters. The van der Waals surface area contributed by atoms with Gasteiger partial charge in [-0.1, -0.05) is 163 Å². The summed E-state index contributed by atoms with van der Waals surface area (Å²) >= 11 is 0. The Morgan fingerprint density at radius 1 is 0.529 bits per heavy atom. The Balaban J connectivity index is 0.000000586. The topological polar surface area (TPSA) is 199 Å². The molecule has 16 nitrogen and oxygen atoms in total. The minimum absolute atomic E-state index is 0. The second-order valence-corrected chi connectivity index (χ2v) is 21.6. The molecule has 4 aliphatic rings. The van der Waals surface area contributed by atoms with Crippen LogP contribution in [0.2, 0.25) is 0 Å². The fourth-order valence-corrected chi connectivity index (χ4v) is 9.35. The minimum Gasteiger partial charge on any atom is -0.463 e. The van der Waals surface area contributed by atoms with Crippen molar-refractivity contribution in [2.24, 2.45) is 0 Å². The lowest BCUT2D eigenvalue weighted by Crippen LogP contribution is -2.23. The van der Waals surface area contributed by atoms with Crippen molar-refractivity contribution in [2.75, 3.05) is 66.4 Å². The van der Waals surface area contributed by atoms with Gasteiger partial charge in [-0.05, 0) is 135 Å². The van der Waals surface area contributed by atoms with Gasteiger partial charge in [-0.3, -0.25) is 9.59 Å². The van der Waals surface area contributed by atoms with Crippen LogP contribution in [0.15, 0.2) is 72.8 Å². The van der Waals surface area contributed by atoms with Crippen molar-refractivity contribution in [1.82, 2.24) is 0 Å². The number of hydrogen-bond acceptors (Lipinski definition) is 16. The molecule has 484 valence electrons. The van der Waals surface area contributed by atoms with E-state index < -0.39 is 12.6 Å². The van der Waals surface area contributed by atoms with Crippen LogP contribution in [0.3, 0.4) is 0 Å². The fraction of sp³-hybridized carbons (Fsp3) is 0.681. The van der Waals surface area contributed by atoms with Crippen LogP contribution in [0.5, 0.6) is 11.5 Å². The van der Waals surface area contributed by atoms with E-state index in [1.54, 1.807) is 34.4 Å². The Labute approximate surface area is 512 Å². The molecule has 4 saturated heterocycles. The number of rotatable bonds is 47. The van der Waals surface area contributed by atoms with Gasteiger partial charge in [0.05, 0.1) is 13.2 Å². The van der Waals surface area contributed by atoms with Crippen molar-refractivity contribution in [2.45, 2.75) is 241 Å². The van der Waals surface area contributed by atoms with Gasteiger partial charge < -0.3 is 67.1 Å². The summed E-state index contributed by atoms with van der Waals surface area (Å²) < 4.78 is 62.3. The molecule has 4 heterocycles.